The zero-order valence-electron chi connectivity index (χ0n) is 15.1. The Morgan fingerprint density at radius 1 is 1.16 bits per heavy atom. The first-order valence-electron chi connectivity index (χ1n) is 9.16. The van der Waals surface area contributed by atoms with E-state index in [2.05, 4.69) is 47.4 Å². The number of aryl methyl sites for hydroxylation is 1. The second kappa shape index (κ2) is 6.52. The summed E-state index contributed by atoms with van der Waals surface area (Å²) in [6, 6.07) is 12.6. The van der Waals surface area contributed by atoms with E-state index in [1.807, 2.05) is 18.3 Å². The Labute approximate surface area is 149 Å². The molecule has 2 N–H and O–H groups in total. The van der Waals surface area contributed by atoms with Gasteiger partial charge in [-0.15, -0.1) is 0 Å². The third-order valence-electron chi connectivity index (χ3n) is 5.18. The van der Waals surface area contributed by atoms with E-state index >= 15 is 0 Å². The predicted octanol–water partition coefficient (Wildman–Crippen LogP) is 4.12. The number of nitrogens with two attached hydrogens (primary N) is 1. The van der Waals surface area contributed by atoms with Crippen LogP contribution in [0.1, 0.15) is 31.0 Å². The molecule has 1 unspecified atom stereocenters. The zero-order chi connectivity index (χ0) is 17.4. The monoisotopic (exact) mass is 334 g/mol. The van der Waals surface area contributed by atoms with E-state index in [-0.39, 0.29) is 0 Å². The second-order valence-corrected chi connectivity index (χ2v) is 7.45. The number of fused-ring (bicyclic) bond motifs is 1. The number of nitrogens with zero attached hydrogens (tertiary/aromatic N) is 3. The van der Waals surface area contributed by atoms with Crippen LogP contribution in [0.5, 0.6) is 0 Å². The number of hydrogen-bond donors (Lipinski definition) is 1. The van der Waals surface area contributed by atoms with Crippen LogP contribution in [0.25, 0.3) is 16.9 Å². The maximum Gasteiger partial charge on any atom is 0.137 e. The Hall–Kier alpha value is -2.33. The van der Waals surface area contributed by atoms with Crippen molar-refractivity contribution in [3.8, 4) is 11.3 Å². The molecule has 3 heterocycles. The SMILES string of the molecule is Cc1ccc(-c2nc3ccc(N)cn3c2CN2CCCC(C)C2)cc1. The summed E-state index contributed by atoms with van der Waals surface area (Å²) in [6.45, 7) is 7.69. The molecule has 4 rings (SSSR count). The molecule has 1 fully saturated rings. The lowest BCUT2D eigenvalue weighted by atomic mass is 10.00. The molecule has 4 heteroatoms. The fourth-order valence-electron chi connectivity index (χ4n) is 3.85. The van der Waals surface area contributed by atoms with Crippen LogP contribution in [0.15, 0.2) is 42.6 Å². The number of imidazole rings is 1. The van der Waals surface area contributed by atoms with E-state index in [0.717, 1.165) is 42.6 Å². The molecule has 1 aliphatic rings. The number of benzene rings is 1. The molecule has 0 spiro atoms. The van der Waals surface area contributed by atoms with Crippen LogP contribution >= 0.6 is 0 Å². The van der Waals surface area contributed by atoms with Gasteiger partial charge in [0, 0.05) is 30.5 Å². The van der Waals surface area contributed by atoms with Gasteiger partial charge in [0.2, 0.25) is 0 Å². The van der Waals surface area contributed by atoms with Crippen molar-refractivity contribution in [3.63, 3.8) is 0 Å². The predicted molar refractivity (Wildman–Crippen MR) is 103 cm³/mol. The van der Waals surface area contributed by atoms with Crippen molar-refractivity contribution in [2.45, 2.75) is 33.2 Å². The van der Waals surface area contributed by atoms with Gasteiger partial charge in [-0.25, -0.2) is 4.98 Å². The summed E-state index contributed by atoms with van der Waals surface area (Å²) in [4.78, 5) is 7.47. The summed E-state index contributed by atoms with van der Waals surface area (Å²) in [5.74, 6) is 0.765. The van der Waals surface area contributed by atoms with Crippen molar-refractivity contribution in [2.24, 2.45) is 5.92 Å². The molecule has 2 aromatic heterocycles. The number of pyridine rings is 1. The first-order chi connectivity index (χ1) is 12.1. The van der Waals surface area contributed by atoms with Crippen LogP contribution in [0.3, 0.4) is 0 Å². The molecule has 3 aromatic rings. The molecule has 1 aliphatic heterocycles. The lowest BCUT2D eigenvalue weighted by molar-refractivity contribution is 0.174. The number of anilines is 1. The molecule has 1 aromatic carbocycles. The van der Waals surface area contributed by atoms with Crippen molar-refractivity contribution in [1.29, 1.82) is 0 Å². The third kappa shape index (κ3) is 3.27. The molecular weight excluding hydrogens is 308 g/mol. The summed E-state index contributed by atoms with van der Waals surface area (Å²) in [6.07, 6.45) is 4.62. The van der Waals surface area contributed by atoms with E-state index in [1.54, 1.807) is 0 Å². The fraction of sp³-hybridized carbons (Fsp3) is 0.381. The van der Waals surface area contributed by atoms with Crippen LogP contribution in [0.2, 0.25) is 0 Å². The van der Waals surface area contributed by atoms with Crippen molar-refractivity contribution >= 4 is 11.3 Å². The lowest BCUT2D eigenvalue weighted by Crippen LogP contribution is -2.34. The van der Waals surface area contributed by atoms with Gasteiger partial charge >= 0.3 is 0 Å². The van der Waals surface area contributed by atoms with Crippen LogP contribution < -0.4 is 5.73 Å². The Balaban J connectivity index is 1.79. The van der Waals surface area contributed by atoms with Crippen molar-refractivity contribution in [3.05, 3.63) is 53.9 Å². The highest BCUT2D eigenvalue weighted by molar-refractivity contribution is 5.67. The van der Waals surface area contributed by atoms with E-state index in [9.17, 15) is 0 Å². The Morgan fingerprint density at radius 3 is 2.72 bits per heavy atom. The van der Waals surface area contributed by atoms with Crippen LogP contribution in [-0.2, 0) is 6.54 Å². The average molecular weight is 334 g/mol. The number of nitrogen functional groups attached to an aromatic ring is 1. The quantitative estimate of drug-likeness (QED) is 0.783. The highest BCUT2D eigenvalue weighted by Crippen LogP contribution is 2.28. The normalized spacial score (nSPS) is 18.7. The van der Waals surface area contributed by atoms with Gasteiger partial charge in [0.15, 0.2) is 0 Å². The molecule has 0 aliphatic carbocycles. The van der Waals surface area contributed by atoms with Crippen molar-refractivity contribution in [1.82, 2.24) is 14.3 Å². The number of likely N-dealkylation sites (tertiary alicyclic amines) is 1. The molecule has 4 nitrogen and oxygen atoms in total. The van der Waals surface area contributed by atoms with Crippen LogP contribution in [0, 0.1) is 12.8 Å². The molecule has 1 atom stereocenters. The third-order valence-corrected chi connectivity index (χ3v) is 5.18. The average Bonchev–Trinajstić information content (AvgIpc) is 2.93. The summed E-state index contributed by atoms with van der Waals surface area (Å²) in [5.41, 5.74) is 12.5. The summed E-state index contributed by atoms with van der Waals surface area (Å²) in [7, 11) is 0. The second-order valence-electron chi connectivity index (χ2n) is 7.45. The molecular formula is C21H26N4. The van der Waals surface area contributed by atoms with E-state index < -0.39 is 0 Å². The smallest absolute Gasteiger partial charge is 0.137 e. The summed E-state index contributed by atoms with van der Waals surface area (Å²) >= 11 is 0. The molecule has 0 bridgehead atoms. The van der Waals surface area contributed by atoms with Gasteiger partial charge in [-0.3, -0.25) is 4.90 Å². The van der Waals surface area contributed by atoms with Crippen LogP contribution in [-0.4, -0.2) is 27.4 Å². The lowest BCUT2D eigenvalue weighted by Gasteiger charge is -2.30. The zero-order valence-corrected chi connectivity index (χ0v) is 15.1. The molecule has 1 saturated heterocycles. The minimum absolute atomic E-state index is 0.765. The Morgan fingerprint density at radius 2 is 1.96 bits per heavy atom. The molecule has 0 saturated carbocycles. The van der Waals surface area contributed by atoms with Crippen LogP contribution in [0.4, 0.5) is 5.69 Å². The Kier molecular flexibility index (Phi) is 4.22. The largest absolute Gasteiger partial charge is 0.398 e. The van der Waals surface area contributed by atoms with Gasteiger partial charge in [0.05, 0.1) is 11.4 Å². The minimum Gasteiger partial charge on any atom is -0.398 e. The maximum absolute atomic E-state index is 6.05. The number of aromatic nitrogens is 2. The first kappa shape index (κ1) is 16.2. The standard InChI is InChI=1S/C21H26N4/c1-15-5-7-17(8-6-15)21-19(14-24-11-3-4-16(2)12-24)25-13-18(22)9-10-20(25)23-21/h5-10,13,16H,3-4,11-12,14,22H2,1-2H3. The van der Waals surface area contributed by atoms with Crippen molar-refractivity contribution in [2.75, 3.05) is 18.8 Å². The van der Waals surface area contributed by atoms with E-state index in [4.69, 9.17) is 10.7 Å². The number of rotatable bonds is 3. The highest BCUT2D eigenvalue weighted by Gasteiger charge is 2.21. The molecule has 25 heavy (non-hydrogen) atoms. The minimum atomic E-state index is 0.765. The van der Waals surface area contributed by atoms with Crippen molar-refractivity contribution < 1.29 is 0 Å². The topological polar surface area (TPSA) is 46.6 Å². The molecule has 130 valence electrons. The van der Waals surface area contributed by atoms with E-state index in [1.165, 1.54) is 29.7 Å². The Bertz CT molecular complexity index is 879. The van der Waals surface area contributed by atoms with Gasteiger partial charge in [-0.2, -0.15) is 0 Å². The van der Waals surface area contributed by atoms with E-state index in [0.29, 0.717) is 0 Å². The first-order valence-corrected chi connectivity index (χ1v) is 9.16. The summed E-state index contributed by atoms with van der Waals surface area (Å²) in [5, 5.41) is 0. The molecule has 0 amide bonds. The fourth-order valence-corrected chi connectivity index (χ4v) is 3.85. The highest BCUT2D eigenvalue weighted by atomic mass is 15.2. The van der Waals surface area contributed by atoms with Gasteiger partial charge in [-0.1, -0.05) is 36.8 Å². The number of hydrogen-bond acceptors (Lipinski definition) is 3. The maximum atomic E-state index is 6.05. The van der Waals surface area contributed by atoms with Gasteiger partial charge in [0.1, 0.15) is 5.65 Å². The summed E-state index contributed by atoms with van der Waals surface area (Å²) < 4.78 is 2.17. The van der Waals surface area contributed by atoms with Gasteiger partial charge < -0.3 is 10.1 Å². The molecule has 0 radical (unpaired) electrons. The van der Waals surface area contributed by atoms with Gasteiger partial charge in [-0.05, 0) is 44.4 Å². The van der Waals surface area contributed by atoms with Gasteiger partial charge in [0.25, 0.3) is 0 Å². The number of piperidine rings is 1.